The minimum absolute atomic E-state index is 0.0915. The van der Waals surface area contributed by atoms with Crippen LogP contribution in [0.1, 0.15) is 13.3 Å². The van der Waals surface area contributed by atoms with Crippen LogP contribution in [0, 0.1) is 0 Å². The molecule has 0 radical (unpaired) electrons. The van der Waals surface area contributed by atoms with E-state index >= 15 is 0 Å². The first-order valence-corrected chi connectivity index (χ1v) is 8.63. The lowest BCUT2D eigenvalue weighted by Crippen LogP contribution is -2.43. The van der Waals surface area contributed by atoms with Gasteiger partial charge >= 0.3 is 0 Å². The average Bonchev–Trinajstić information content (AvgIpc) is 2.47. The molecule has 0 saturated carbocycles. The minimum Gasteiger partial charge on any atom is -0.492 e. The molecule has 0 aliphatic carbocycles. The average molecular weight is 314 g/mol. The molecule has 1 fully saturated rings. The van der Waals surface area contributed by atoms with Crippen LogP contribution in [0.3, 0.4) is 0 Å². The minimum atomic E-state index is -3.64. The maximum atomic E-state index is 11.1. The van der Waals surface area contributed by atoms with Crippen LogP contribution in [0.5, 0.6) is 5.75 Å². The van der Waals surface area contributed by atoms with Gasteiger partial charge in [0.25, 0.3) is 0 Å². The molecule has 0 aromatic heterocycles. The van der Waals surface area contributed by atoms with E-state index in [0.717, 1.165) is 32.7 Å². The van der Waals surface area contributed by atoms with Gasteiger partial charge in [-0.1, -0.05) is 6.92 Å². The molecule has 1 aliphatic rings. The summed E-state index contributed by atoms with van der Waals surface area (Å²) in [7, 11) is -3.64. The molecular weight excluding hydrogens is 292 g/mol. The van der Waals surface area contributed by atoms with E-state index in [4.69, 9.17) is 14.6 Å². The lowest BCUT2D eigenvalue weighted by atomic mass is 10.2. The summed E-state index contributed by atoms with van der Waals surface area (Å²) in [5.41, 5.74) is 0. The molecule has 1 aliphatic heterocycles. The number of ether oxygens (including phenoxy) is 2. The molecule has 7 heteroatoms. The van der Waals surface area contributed by atoms with Crippen LogP contribution in [-0.4, -0.2) is 52.3 Å². The van der Waals surface area contributed by atoms with E-state index in [1.165, 1.54) is 12.1 Å². The molecule has 0 spiro atoms. The fourth-order valence-electron chi connectivity index (χ4n) is 2.25. The molecule has 1 saturated heterocycles. The van der Waals surface area contributed by atoms with Crippen molar-refractivity contribution in [2.75, 3.05) is 32.8 Å². The highest BCUT2D eigenvalue weighted by Crippen LogP contribution is 2.15. The summed E-state index contributed by atoms with van der Waals surface area (Å²) in [5.74, 6) is 0.641. The fourth-order valence-corrected chi connectivity index (χ4v) is 2.76. The summed E-state index contributed by atoms with van der Waals surface area (Å²) in [6, 6.07) is 6.14. The van der Waals surface area contributed by atoms with Crippen molar-refractivity contribution in [3.05, 3.63) is 24.3 Å². The largest absolute Gasteiger partial charge is 0.492 e. The van der Waals surface area contributed by atoms with Crippen molar-refractivity contribution in [1.82, 2.24) is 4.90 Å². The molecule has 21 heavy (non-hydrogen) atoms. The molecule has 1 atom stereocenters. The zero-order valence-electron chi connectivity index (χ0n) is 12.2. The number of rotatable bonds is 6. The molecule has 1 heterocycles. The maximum absolute atomic E-state index is 11.1. The normalized spacial score (nSPS) is 20.4. The van der Waals surface area contributed by atoms with Crippen LogP contribution in [0.4, 0.5) is 0 Å². The Morgan fingerprint density at radius 1 is 1.38 bits per heavy atom. The number of sulfonamides is 1. The van der Waals surface area contributed by atoms with Gasteiger partial charge in [-0.25, -0.2) is 13.6 Å². The number of nitrogens with zero attached hydrogens (tertiary/aromatic N) is 1. The van der Waals surface area contributed by atoms with Crippen molar-refractivity contribution in [3.8, 4) is 5.75 Å². The number of hydrogen-bond donors (Lipinski definition) is 1. The third-order valence-electron chi connectivity index (χ3n) is 3.51. The molecule has 6 nitrogen and oxygen atoms in total. The first-order chi connectivity index (χ1) is 9.99. The van der Waals surface area contributed by atoms with Crippen LogP contribution in [-0.2, 0) is 14.8 Å². The Morgan fingerprint density at radius 2 is 2.10 bits per heavy atom. The van der Waals surface area contributed by atoms with Gasteiger partial charge in [-0.2, -0.15) is 0 Å². The Kier molecular flexibility index (Phi) is 5.58. The van der Waals surface area contributed by atoms with Crippen LogP contribution >= 0.6 is 0 Å². The monoisotopic (exact) mass is 314 g/mol. The molecular formula is C14H22N2O4S. The standard InChI is InChI=1S/C14H22N2O4S/c1-2-12-11-16(7-9-19-12)8-10-20-13-3-5-14(6-4-13)21(15,17)18/h3-6,12H,2,7-11H2,1H3,(H2,15,17,18). The van der Waals surface area contributed by atoms with Crippen molar-refractivity contribution in [1.29, 1.82) is 0 Å². The zero-order valence-corrected chi connectivity index (χ0v) is 13.0. The van der Waals surface area contributed by atoms with Crippen LogP contribution in [0.2, 0.25) is 0 Å². The van der Waals surface area contributed by atoms with Gasteiger partial charge in [0.05, 0.1) is 17.6 Å². The van der Waals surface area contributed by atoms with Crippen LogP contribution in [0.15, 0.2) is 29.2 Å². The first-order valence-electron chi connectivity index (χ1n) is 7.08. The number of benzene rings is 1. The van der Waals surface area contributed by atoms with E-state index in [1.807, 2.05) is 0 Å². The summed E-state index contributed by atoms with van der Waals surface area (Å²) in [6.07, 6.45) is 1.33. The summed E-state index contributed by atoms with van der Waals surface area (Å²) < 4.78 is 33.5. The molecule has 0 amide bonds. The quantitative estimate of drug-likeness (QED) is 0.841. The second-order valence-electron chi connectivity index (χ2n) is 5.07. The highest BCUT2D eigenvalue weighted by atomic mass is 32.2. The molecule has 1 aromatic rings. The number of nitrogens with two attached hydrogens (primary N) is 1. The summed E-state index contributed by atoms with van der Waals surface area (Å²) in [5, 5.41) is 5.04. The van der Waals surface area contributed by atoms with E-state index in [9.17, 15) is 8.42 Å². The number of morpholine rings is 1. The van der Waals surface area contributed by atoms with Crippen molar-refractivity contribution < 1.29 is 17.9 Å². The van der Waals surface area contributed by atoms with Gasteiger partial charge in [0.1, 0.15) is 12.4 Å². The molecule has 118 valence electrons. The van der Waals surface area contributed by atoms with E-state index in [0.29, 0.717) is 18.5 Å². The van der Waals surface area contributed by atoms with E-state index in [2.05, 4.69) is 11.8 Å². The van der Waals surface area contributed by atoms with Gasteiger partial charge in [0, 0.05) is 19.6 Å². The number of primary sulfonamides is 1. The van der Waals surface area contributed by atoms with E-state index < -0.39 is 10.0 Å². The van der Waals surface area contributed by atoms with Crippen molar-refractivity contribution in [3.63, 3.8) is 0 Å². The van der Waals surface area contributed by atoms with Crippen LogP contribution < -0.4 is 9.88 Å². The Hall–Kier alpha value is -1.15. The van der Waals surface area contributed by atoms with Crippen LogP contribution in [0.25, 0.3) is 0 Å². The smallest absolute Gasteiger partial charge is 0.238 e. The lowest BCUT2D eigenvalue weighted by Gasteiger charge is -2.32. The fraction of sp³-hybridized carbons (Fsp3) is 0.571. The molecule has 0 bridgehead atoms. The van der Waals surface area contributed by atoms with Crippen molar-refractivity contribution in [2.24, 2.45) is 5.14 Å². The van der Waals surface area contributed by atoms with E-state index in [-0.39, 0.29) is 4.90 Å². The Balaban J connectivity index is 1.78. The third-order valence-corrected chi connectivity index (χ3v) is 4.44. The van der Waals surface area contributed by atoms with E-state index in [1.54, 1.807) is 12.1 Å². The number of hydrogen-bond acceptors (Lipinski definition) is 5. The van der Waals surface area contributed by atoms with Crippen molar-refractivity contribution in [2.45, 2.75) is 24.3 Å². The molecule has 2 rings (SSSR count). The highest BCUT2D eigenvalue weighted by molar-refractivity contribution is 7.89. The first kappa shape index (κ1) is 16.2. The van der Waals surface area contributed by atoms with Gasteiger partial charge in [0.15, 0.2) is 0 Å². The molecule has 1 unspecified atom stereocenters. The Labute approximate surface area is 125 Å². The van der Waals surface area contributed by atoms with Gasteiger partial charge < -0.3 is 9.47 Å². The topological polar surface area (TPSA) is 81.9 Å². The predicted octanol–water partition coefficient (Wildman–Crippen LogP) is 0.824. The third kappa shape index (κ3) is 4.96. The maximum Gasteiger partial charge on any atom is 0.238 e. The molecule has 2 N–H and O–H groups in total. The van der Waals surface area contributed by atoms with Gasteiger partial charge in [-0.15, -0.1) is 0 Å². The lowest BCUT2D eigenvalue weighted by molar-refractivity contribution is -0.0324. The Morgan fingerprint density at radius 3 is 2.71 bits per heavy atom. The SMILES string of the molecule is CCC1CN(CCOc2ccc(S(N)(=O)=O)cc2)CCO1. The predicted molar refractivity (Wildman–Crippen MR) is 79.8 cm³/mol. The van der Waals surface area contributed by atoms with Gasteiger partial charge in [-0.3, -0.25) is 4.90 Å². The summed E-state index contributed by atoms with van der Waals surface area (Å²) in [6.45, 7) is 6.13. The second kappa shape index (κ2) is 7.22. The van der Waals surface area contributed by atoms with Gasteiger partial charge in [-0.05, 0) is 30.7 Å². The van der Waals surface area contributed by atoms with Gasteiger partial charge in [0.2, 0.25) is 10.0 Å². The Bertz CT molecular complexity index is 545. The highest BCUT2D eigenvalue weighted by Gasteiger charge is 2.18. The summed E-state index contributed by atoms with van der Waals surface area (Å²) >= 11 is 0. The second-order valence-corrected chi connectivity index (χ2v) is 6.63. The summed E-state index contributed by atoms with van der Waals surface area (Å²) in [4.78, 5) is 2.41. The zero-order chi connectivity index (χ0) is 15.3. The van der Waals surface area contributed by atoms with Crippen molar-refractivity contribution >= 4 is 10.0 Å². The molecule has 1 aromatic carbocycles.